The molecule has 160 valence electrons. The van der Waals surface area contributed by atoms with E-state index in [1.54, 1.807) is 6.07 Å². The van der Waals surface area contributed by atoms with Crippen molar-refractivity contribution in [1.82, 2.24) is 15.5 Å². The Balaban J connectivity index is 1.46. The number of nitrogens with one attached hydrogen (secondary N) is 3. The van der Waals surface area contributed by atoms with Gasteiger partial charge in [0.15, 0.2) is 5.82 Å². The molecule has 0 radical (unpaired) electrons. The summed E-state index contributed by atoms with van der Waals surface area (Å²) < 4.78 is 0. The Morgan fingerprint density at radius 1 is 1.03 bits per heavy atom. The van der Waals surface area contributed by atoms with Crippen LogP contribution in [0, 0.1) is 0 Å². The Labute approximate surface area is 180 Å². The molecule has 1 saturated carbocycles. The third-order valence-corrected chi connectivity index (χ3v) is 5.94. The van der Waals surface area contributed by atoms with E-state index in [1.165, 1.54) is 0 Å². The molecule has 1 aliphatic carbocycles. The summed E-state index contributed by atoms with van der Waals surface area (Å²) in [5.41, 5.74) is 1.98. The molecule has 0 bridgehead atoms. The number of carbonyl (C=O) groups excluding carboxylic acids is 2. The number of aromatic amines is 1. The number of benzene rings is 2. The highest BCUT2D eigenvalue weighted by atomic mass is 16.3. The number of nitrogens with zero attached hydrogens (tertiary/aromatic N) is 1. The van der Waals surface area contributed by atoms with Crippen LogP contribution in [0.25, 0.3) is 11.3 Å². The van der Waals surface area contributed by atoms with Crippen molar-refractivity contribution >= 4 is 17.6 Å². The smallest absolute Gasteiger partial charge is 0.250 e. The first-order valence-electron chi connectivity index (χ1n) is 10.5. The maximum atomic E-state index is 13.3. The number of H-pyrrole nitrogens is 1. The van der Waals surface area contributed by atoms with Crippen molar-refractivity contribution in [2.75, 3.05) is 11.9 Å². The number of anilines is 1. The van der Waals surface area contributed by atoms with Crippen LogP contribution in [-0.2, 0) is 15.0 Å². The first kappa shape index (κ1) is 20.8. The third-order valence-electron chi connectivity index (χ3n) is 5.94. The van der Waals surface area contributed by atoms with E-state index in [-0.39, 0.29) is 5.91 Å². The van der Waals surface area contributed by atoms with Gasteiger partial charge in [0, 0.05) is 6.07 Å². The van der Waals surface area contributed by atoms with Crippen molar-refractivity contribution in [2.45, 2.75) is 37.1 Å². The molecule has 3 aromatic rings. The van der Waals surface area contributed by atoms with Crippen molar-refractivity contribution in [3.63, 3.8) is 0 Å². The number of aliphatic hydroxyl groups is 1. The van der Waals surface area contributed by atoms with Crippen molar-refractivity contribution in [3.8, 4) is 11.3 Å². The molecule has 4 rings (SSSR count). The second kappa shape index (κ2) is 9.14. The number of aliphatic hydroxyl groups excluding tert-OH is 1. The molecule has 1 fully saturated rings. The molecule has 1 atom stereocenters. The largest absolute Gasteiger partial charge is 0.394 e. The fourth-order valence-corrected chi connectivity index (χ4v) is 4.24. The Kier molecular flexibility index (Phi) is 6.13. The molecule has 31 heavy (non-hydrogen) atoms. The summed E-state index contributed by atoms with van der Waals surface area (Å²) in [6.45, 7) is -0.502. The lowest BCUT2D eigenvalue weighted by Gasteiger charge is -2.30. The predicted molar refractivity (Wildman–Crippen MR) is 118 cm³/mol. The quantitative estimate of drug-likeness (QED) is 0.473. The average molecular weight is 418 g/mol. The number of carbonyl (C=O) groups is 2. The van der Waals surface area contributed by atoms with E-state index in [2.05, 4.69) is 20.8 Å². The molecule has 0 unspecified atom stereocenters. The molecule has 7 heteroatoms. The monoisotopic (exact) mass is 418 g/mol. The van der Waals surface area contributed by atoms with E-state index in [0.29, 0.717) is 5.82 Å². The van der Waals surface area contributed by atoms with Crippen LogP contribution in [0.15, 0.2) is 66.7 Å². The van der Waals surface area contributed by atoms with E-state index in [9.17, 15) is 14.7 Å². The van der Waals surface area contributed by atoms with Crippen LogP contribution in [0.1, 0.15) is 31.2 Å². The molecule has 1 heterocycles. The van der Waals surface area contributed by atoms with Gasteiger partial charge in [-0.25, -0.2) is 0 Å². The van der Waals surface area contributed by atoms with Gasteiger partial charge in [0.25, 0.3) is 5.91 Å². The Morgan fingerprint density at radius 3 is 2.32 bits per heavy atom. The van der Waals surface area contributed by atoms with Gasteiger partial charge in [-0.1, -0.05) is 73.5 Å². The molecular formula is C24H26N4O3. The highest BCUT2D eigenvalue weighted by molar-refractivity contribution is 5.99. The van der Waals surface area contributed by atoms with Gasteiger partial charge in [-0.15, -0.1) is 0 Å². The third kappa shape index (κ3) is 4.36. The van der Waals surface area contributed by atoms with Crippen molar-refractivity contribution in [3.05, 3.63) is 72.3 Å². The lowest BCUT2D eigenvalue weighted by molar-refractivity contribution is -0.131. The minimum atomic E-state index is -1.06. The van der Waals surface area contributed by atoms with Crippen LogP contribution >= 0.6 is 0 Å². The number of aromatic nitrogens is 2. The summed E-state index contributed by atoms with van der Waals surface area (Å²) >= 11 is 0. The second-order valence-corrected chi connectivity index (χ2v) is 7.89. The molecule has 0 saturated heterocycles. The number of amides is 2. The zero-order chi connectivity index (χ0) is 21.7. The Morgan fingerprint density at radius 2 is 1.68 bits per heavy atom. The Hall–Kier alpha value is -3.45. The predicted octanol–water partition coefficient (Wildman–Crippen LogP) is 3.00. The first-order valence-corrected chi connectivity index (χ1v) is 10.5. The topological polar surface area (TPSA) is 107 Å². The van der Waals surface area contributed by atoms with Gasteiger partial charge in [0.05, 0.1) is 17.7 Å². The lowest BCUT2D eigenvalue weighted by Crippen LogP contribution is -2.52. The van der Waals surface area contributed by atoms with E-state index in [4.69, 9.17) is 0 Å². The summed E-state index contributed by atoms with van der Waals surface area (Å²) in [5, 5.41) is 22.2. The minimum absolute atomic E-state index is 0.225. The summed E-state index contributed by atoms with van der Waals surface area (Å²) in [6.07, 6.45) is 3.35. The van der Waals surface area contributed by atoms with Gasteiger partial charge in [-0.3, -0.25) is 14.7 Å². The molecule has 7 nitrogen and oxygen atoms in total. The van der Waals surface area contributed by atoms with Gasteiger partial charge in [-0.05, 0) is 24.0 Å². The van der Waals surface area contributed by atoms with Crippen LogP contribution in [0.5, 0.6) is 0 Å². The van der Waals surface area contributed by atoms with E-state index < -0.39 is 24.0 Å². The summed E-state index contributed by atoms with van der Waals surface area (Å²) in [4.78, 5) is 26.0. The standard InChI is InChI=1S/C24H26N4O3/c29-16-20(22(30)26-21-15-19(27-28-21)17-9-3-1-4-10-17)25-23(31)24(13-7-8-14-24)18-11-5-2-6-12-18/h1-6,9-12,15,20,29H,7-8,13-14,16H2,(H,25,31)(H2,26,27,28,30)/t20-/m0/s1. The minimum Gasteiger partial charge on any atom is -0.394 e. The van der Waals surface area contributed by atoms with Crippen molar-refractivity contribution in [2.24, 2.45) is 0 Å². The SMILES string of the molecule is O=C(Nc1cc(-c2ccccc2)[nH]n1)[C@H](CO)NC(=O)C1(c2ccccc2)CCCC1. The highest BCUT2D eigenvalue weighted by Crippen LogP contribution is 2.41. The number of hydrogen-bond donors (Lipinski definition) is 4. The number of rotatable bonds is 7. The van der Waals surface area contributed by atoms with Gasteiger partial charge >= 0.3 is 0 Å². The summed E-state index contributed by atoms with van der Waals surface area (Å²) in [6, 6.07) is 19.9. The van der Waals surface area contributed by atoms with Gasteiger partial charge in [0.2, 0.25) is 5.91 Å². The molecule has 0 aliphatic heterocycles. The van der Waals surface area contributed by atoms with Crippen molar-refractivity contribution in [1.29, 1.82) is 0 Å². The lowest BCUT2D eigenvalue weighted by atomic mass is 9.78. The van der Waals surface area contributed by atoms with Crippen LogP contribution in [0.3, 0.4) is 0 Å². The molecule has 4 N–H and O–H groups in total. The summed E-state index contributed by atoms with van der Waals surface area (Å²) in [7, 11) is 0. The molecule has 1 aliphatic rings. The molecular weight excluding hydrogens is 392 g/mol. The number of hydrogen-bond acceptors (Lipinski definition) is 4. The van der Waals surface area contributed by atoms with Gasteiger partial charge in [0.1, 0.15) is 6.04 Å². The molecule has 2 amide bonds. The average Bonchev–Trinajstić information content (AvgIpc) is 3.49. The zero-order valence-corrected chi connectivity index (χ0v) is 17.2. The van der Waals surface area contributed by atoms with E-state index in [0.717, 1.165) is 42.5 Å². The second-order valence-electron chi connectivity index (χ2n) is 7.89. The fourth-order valence-electron chi connectivity index (χ4n) is 4.24. The van der Waals surface area contributed by atoms with Crippen LogP contribution in [-0.4, -0.2) is 39.8 Å². The molecule has 2 aromatic carbocycles. The van der Waals surface area contributed by atoms with Crippen molar-refractivity contribution < 1.29 is 14.7 Å². The van der Waals surface area contributed by atoms with Gasteiger partial charge in [-0.2, -0.15) is 5.10 Å². The van der Waals surface area contributed by atoms with E-state index in [1.807, 2.05) is 60.7 Å². The van der Waals surface area contributed by atoms with Crippen LogP contribution < -0.4 is 10.6 Å². The zero-order valence-electron chi connectivity index (χ0n) is 17.2. The fraction of sp³-hybridized carbons (Fsp3) is 0.292. The molecule has 1 aromatic heterocycles. The first-order chi connectivity index (χ1) is 15.1. The highest BCUT2D eigenvalue weighted by Gasteiger charge is 2.43. The normalized spacial score (nSPS) is 15.9. The Bertz CT molecular complexity index is 1030. The van der Waals surface area contributed by atoms with Gasteiger partial charge < -0.3 is 15.7 Å². The maximum Gasteiger partial charge on any atom is 0.250 e. The van der Waals surface area contributed by atoms with Crippen LogP contribution in [0.4, 0.5) is 5.82 Å². The van der Waals surface area contributed by atoms with Crippen LogP contribution in [0.2, 0.25) is 0 Å². The summed E-state index contributed by atoms with van der Waals surface area (Å²) in [5.74, 6) is -0.407. The van der Waals surface area contributed by atoms with E-state index >= 15 is 0 Å². The maximum absolute atomic E-state index is 13.3. The molecule has 0 spiro atoms.